The first-order valence-electron chi connectivity index (χ1n) is 11.2. The van der Waals surface area contributed by atoms with E-state index in [0.29, 0.717) is 38.6 Å². The number of thiophene rings is 1. The Morgan fingerprint density at radius 2 is 1.85 bits per heavy atom. The Labute approximate surface area is 213 Å². The van der Waals surface area contributed by atoms with Crippen LogP contribution >= 0.6 is 34.5 Å². The van der Waals surface area contributed by atoms with Crippen molar-refractivity contribution in [2.45, 2.75) is 31.3 Å². The van der Waals surface area contributed by atoms with E-state index in [1.54, 1.807) is 29.2 Å². The Balaban J connectivity index is 1.32. The number of hydrogen-bond acceptors (Lipinski definition) is 4. The predicted octanol–water partition coefficient (Wildman–Crippen LogP) is 6.06. The summed E-state index contributed by atoms with van der Waals surface area (Å²) in [6.45, 7) is 2.01. The van der Waals surface area contributed by atoms with Crippen LogP contribution in [0.3, 0.4) is 0 Å². The minimum absolute atomic E-state index is 0.110. The number of nitrogens with one attached hydrogen (secondary N) is 1. The van der Waals surface area contributed by atoms with Gasteiger partial charge in [-0.2, -0.15) is 0 Å². The summed E-state index contributed by atoms with van der Waals surface area (Å²) < 4.78 is 0.532. The van der Waals surface area contributed by atoms with Gasteiger partial charge >= 0.3 is 0 Å². The third-order valence-corrected chi connectivity index (χ3v) is 7.95. The van der Waals surface area contributed by atoms with Crippen LogP contribution in [0.2, 0.25) is 9.36 Å². The number of amides is 2. The van der Waals surface area contributed by atoms with Gasteiger partial charge in [-0.3, -0.25) is 9.59 Å². The van der Waals surface area contributed by atoms with Gasteiger partial charge < -0.3 is 15.1 Å². The SMILES string of the molecule is CN(C)CC1(c2ccc(CN3Cc4cc(Cl)cc(NC(=O)c5ccc(Cl)s5)c4C3=O)cc2)CC1. The highest BCUT2D eigenvalue weighted by atomic mass is 35.5. The largest absolute Gasteiger partial charge is 0.330 e. The first-order chi connectivity index (χ1) is 16.2. The summed E-state index contributed by atoms with van der Waals surface area (Å²) in [5.41, 5.74) is 4.47. The molecule has 1 aliphatic carbocycles. The highest BCUT2D eigenvalue weighted by Crippen LogP contribution is 2.48. The van der Waals surface area contributed by atoms with E-state index >= 15 is 0 Å². The highest BCUT2D eigenvalue weighted by molar-refractivity contribution is 7.18. The van der Waals surface area contributed by atoms with E-state index in [2.05, 4.69) is 48.6 Å². The van der Waals surface area contributed by atoms with Gasteiger partial charge in [-0.1, -0.05) is 47.5 Å². The average Bonchev–Trinajstić information content (AvgIpc) is 3.30. The van der Waals surface area contributed by atoms with Crippen LogP contribution in [0.1, 0.15) is 49.6 Å². The Morgan fingerprint density at radius 3 is 2.47 bits per heavy atom. The molecular formula is C26H25Cl2N3O2S. The lowest BCUT2D eigenvalue weighted by Gasteiger charge is -2.21. The fourth-order valence-corrected chi connectivity index (χ4v) is 5.98. The number of rotatable bonds is 7. The number of halogens is 2. The number of hydrogen-bond donors (Lipinski definition) is 1. The molecule has 2 heterocycles. The monoisotopic (exact) mass is 513 g/mol. The molecule has 1 aliphatic heterocycles. The van der Waals surface area contributed by atoms with Crippen LogP contribution in [0.4, 0.5) is 5.69 Å². The van der Waals surface area contributed by atoms with Crippen LogP contribution in [0, 0.1) is 0 Å². The first-order valence-corrected chi connectivity index (χ1v) is 12.7. The summed E-state index contributed by atoms with van der Waals surface area (Å²) in [5, 5.41) is 3.33. The van der Waals surface area contributed by atoms with Crippen LogP contribution in [0.5, 0.6) is 0 Å². The molecule has 176 valence electrons. The van der Waals surface area contributed by atoms with Gasteiger partial charge in [0.2, 0.25) is 0 Å². The van der Waals surface area contributed by atoms with Crippen molar-refractivity contribution in [2.24, 2.45) is 0 Å². The lowest BCUT2D eigenvalue weighted by Crippen LogP contribution is -2.26. The molecule has 2 amide bonds. The molecule has 5 rings (SSSR count). The van der Waals surface area contributed by atoms with Gasteiger partial charge in [-0.05, 0) is 67.9 Å². The molecule has 0 unspecified atom stereocenters. The van der Waals surface area contributed by atoms with Crippen molar-refractivity contribution >= 4 is 52.0 Å². The molecule has 34 heavy (non-hydrogen) atoms. The first kappa shape index (κ1) is 23.4. The molecule has 2 aromatic carbocycles. The molecule has 1 fully saturated rings. The van der Waals surface area contributed by atoms with Gasteiger partial charge in [0.05, 0.1) is 20.5 Å². The smallest absolute Gasteiger partial charge is 0.265 e. The summed E-state index contributed by atoms with van der Waals surface area (Å²) in [6, 6.07) is 15.4. The zero-order chi connectivity index (χ0) is 24.0. The molecule has 5 nitrogen and oxygen atoms in total. The number of likely N-dealkylation sites (N-methyl/N-ethyl adjacent to an activating group) is 1. The van der Waals surface area contributed by atoms with Crippen molar-refractivity contribution in [3.63, 3.8) is 0 Å². The molecule has 8 heteroatoms. The van der Waals surface area contributed by atoms with Crippen LogP contribution in [0.25, 0.3) is 0 Å². The van der Waals surface area contributed by atoms with Crippen LogP contribution < -0.4 is 5.32 Å². The van der Waals surface area contributed by atoms with Crippen molar-refractivity contribution in [3.05, 3.63) is 85.0 Å². The molecule has 3 aromatic rings. The van der Waals surface area contributed by atoms with Crippen LogP contribution in [0.15, 0.2) is 48.5 Å². The van der Waals surface area contributed by atoms with Crippen LogP contribution in [-0.4, -0.2) is 42.3 Å². The van der Waals surface area contributed by atoms with Crippen molar-refractivity contribution in [1.29, 1.82) is 0 Å². The van der Waals surface area contributed by atoms with E-state index in [1.807, 2.05) is 0 Å². The lowest BCUT2D eigenvalue weighted by molar-refractivity contribution is 0.0767. The Kier molecular flexibility index (Phi) is 6.19. The topological polar surface area (TPSA) is 52.6 Å². The summed E-state index contributed by atoms with van der Waals surface area (Å²) in [6.07, 6.45) is 2.44. The van der Waals surface area contributed by atoms with Gasteiger partial charge in [0.15, 0.2) is 0 Å². The quantitative estimate of drug-likeness (QED) is 0.417. The Bertz CT molecular complexity index is 1270. The average molecular weight is 514 g/mol. The standard InChI is InChI=1S/C26H25Cl2N3O2S/c1-30(2)15-26(9-10-26)18-5-3-16(4-6-18)13-31-14-17-11-19(27)12-20(23(17)25(31)33)29-24(32)21-7-8-22(28)34-21/h3-8,11-12H,9-10,13-15H2,1-2H3,(H,29,32). The molecule has 0 bridgehead atoms. The molecular weight excluding hydrogens is 489 g/mol. The molecule has 0 spiro atoms. The molecule has 2 aliphatic rings. The third kappa shape index (κ3) is 4.60. The van der Waals surface area contributed by atoms with Crippen molar-refractivity contribution in [3.8, 4) is 0 Å². The molecule has 0 atom stereocenters. The summed E-state index contributed by atoms with van der Waals surface area (Å²) in [4.78, 5) is 30.5. The van der Waals surface area contributed by atoms with Gasteiger partial charge in [0.25, 0.3) is 11.8 Å². The minimum atomic E-state index is -0.310. The third-order valence-electron chi connectivity index (χ3n) is 6.50. The number of carbonyl (C=O) groups is 2. The maximum atomic E-state index is 13.3. The van der Waals surface area contributed by atoms with Gasteiger partial charge in [0.1, 0.15) is 0 Å². The molecule has 1 N–H and O–H groups in total. The number of benzene rings is 2. The van der Waals surface area contributed by atoms with Gasteiger partial charge in [0, 0.05) is 30.1 Å². The number of fused-ring (bicyclic) bond motifs is 1. The molecule has 0 saturated heterocycles. The number of carbonyl (C=O) groups excluding carboxylic acids is 2. The summed E-state index contributed by atoms with van der Waals surface area (Å²) in [7, 11) is 4.23. The van der Waals surface area contributed by atoms with E-state index in [4.69, 9.17) is 23.2 Å². The highest BCUT2D eigenvalue weighted by Gasteiger charge is 2.44. The Morgan fingerprint density at radius 1 is 1.12 bits per heavy atom. The van der Waals surface area contributed by atoms with Crippen molar-refractivity contribution in [1.82, 2.24) is 9.80 Å². The summed E-state index contributed by atoms with van der Waals surface area (Å²) in [5.74, 6) is -0.420. The van der Waals surface area contributed by atoms with E-state index < -0.39 is 0 Å². The van der Waals surface area contributed by atoms with E-state index in [0.717, 1.165) is 17.7 Å². The Hall–Kier alpha value is -2.38. The number of anilines is 1. The zero-order valence-electron chi connectivity index (χ0n) is 19.0. The zero-order valence-corrected chi connectivity index (χ0v) is 21.4. The molecule has 1 aromatic heterocycles. The molecule has 1 saturated carbocycles. The fourth-order valence-electron chi connectivity index (χ4n) is 4.80. The van der Waals surface area contributed by atoms with Crippen molar-refractivity contribution in [2.75, 3.05) is 26.0 Å². The normalized spacial score (nSPS) is 16.1. The van der Waals surface area contributed by atoms with Gasteiger partial charge in [-0.25, -0.2) is 0 Å². The van der Waals surface area contributed by atoms with Crippen molar-refractivity contribution < 1.29 is 9.59 Å². The predicted molar refractivity (Wildman–Crippen MR) is 138 cm³/mol. The lowest BCUT2D eigenvalue weighted by atomic mass is 9.94. The second kappa shape index (κ2) is 9.00. The van der Waals surface area contributed by atoms with Gasteiger partial charge in [-0.15, -0.1) is 11.3 Å². The number of nitrogens with zero attached hydrogens (tertiary/aromatic N) is 2. The maximum absolute atomic E-state index is 13.3. The van der Waals surface area contributed by atoms with Crippen LogP contribution in [-0.2, 0) is 18.5 Å². The van der Waals surface area contributed by atoms with E-state index in [1.165, 1.54) is 29.7 Å². The minimum Gasteiger partial charge on any atom is -0.330 e. The fraction of sp³-hybridized carbons (Fsp3) is 0.308. The maximum Gasteiger partial charge on any atom is 0.265 e. The van der Waals surface area contributed by atoms with E-state index in [-0.39, 0.29) is 17.2 Å². The second-order valence-electron chi connectivity index (χ2n) is 9.42. The molecule has 0 radical (unpaired) electrons. The van der Waals surface area contributed by atoms with E-state index in [9.17, 15) is 9.59 Å². The summed E-state index contributed by atoms with van der Waals surface area (Å²) >= 11 is 13.5. The second-order valence-corrected chi connectivity index (χ2v) is 11.6.